The Morgan fingerprint density at radius 3 is 2.60 bits per heavy atom. The Balaban J connectivity index is 1.85. The fourth-order valence-corrected chi connectivity index (χ4v) is 2.40. The van der Waals surface area contributed by atoms with Gasteiger partial charge in [-0.2, -0.15) is 0 Å². The molecule has 0 spiro atoms. The van der Waals surface area contributed by atoms with E-state index in [9.17, 15) is 14.9 Å². The number of rotatable bonds is 4. The molecule has 3 aromatic rings. The summed E-state index contributed by atoms with van der Waals surface area (Å²) in [6, 6.07) is 12.5. The van der Waals surface area contributed by atoms with Crippen molar-refractivity contribution in [1.82, 2.24) is 4.98 Å². The van der Waals surface area contributed by atoms with E-state index < -0.39 is 10.8 Å². The Morgan fingerprint density at radius 1 is 1.24 bits per heavy atom. The van der Waals surface area contributed by atoms with E-state index in [1.807, 2.05) is 0 Å². The van der Waals surface area contributed by atoms with Crippen LogP contribution in [0, 0.1) is 10.1 Å². The minimum absolute atomic E-state index is 0.0409. The van der Waals surface area contributed by atoms with Gasteiger partial charge >= 0.3 is 0 Å². The molecular formula is C16H13N5O4. The molecule has 0 bridgehead atoms. The van der Waals surface area contributed by atoms with Crippen molar-refractivity contribution in [3.63, 3.8) is 0 Å². The summed E-state index contributed by atoms with van der Waals surface area (Å²) in [7, 11) is 0. The maximum atomic E-state index is 12.3. The van der Waals surface area contributed by atoms with Crippen LogP contribution in [0.15, 0.2) is 53.7 Å². The van der Waals surface area contributed by atoms with E-state index >= 15 is 0 Å². The van der Waals surface area contributed by atoms with E-state index in [1.54, 1.807) is 42.5 Å². The van der Waals surface area contributed by atoms with Gasteiger partial charge in [-0.3, -0.25) is 14.9 Å². The number of aromatic amines is 1. The number of nitrogens with one attached hydrogen (secondary N) is 2. The summed E-state index contributed by atoms with van der Waals surface area (Å²) >= 11 is 0. The number of nitro benzene ring substituents is 1. The first-order valence-electron chi connectivity index (χ1n) is 7.15. The summed E-state index contributed by atoms with van der Waals surface area (Å²) in [6.45, 7) is 0. The number of hydrogen-bond donors (Lipinski definition) is 4. The highest BCUT2D eigenvalue weighted by Crippen LogP contribution is 2.25. The second kappa shape index (κ2) is 6.32. The monoisotopic (exact) mass is 339 g/mol. The number of non-ortho nitro benzene ring substituents is 1. The molecule has 0 radical (unpaired) electrons. The van der Waals surface area contributed by atoms with E-state index in [4.69, 9.17) is 10.9 Å². The molecular weight excluding hydrogens is 326 g/mol. The zero-order chi connectivity index (χ0) is 18.0. The zero-order valence-corrected chi connectivity index (χ0v) is 12.8. The highest BCUT2D eigenvalue weighted by Gasteiger charge is 2.17. The Hall–Kier alpha value is -3.88. The predicted molar refractivity (Wildman–Crippen MR) is 91.9 cm³/mol. The smallest absolute Gasteiger partial charge is 0.293 e. The largest absolute Gasteiger partial charge is 0.409 e. The number of amidine groups is 1. The van der Waals surface area contributed by atoms with Gasteiger partial charge in [-0.05, 0) is 30.3 Å². The number of benzene rings is 2. The molecule has 0 aliphatic carbocycles. The molecule has 0 saturated heterocycles. The summed E-state index contributed by atoms with van der Waals surface area (Å²) < 4.78 is 0. The number of para-hydroxylation sites is 1. The normalized spacial score (nSPS) is 11.4. The van der Waals surface area contributed by atoms with Crippen molar-refractivity contribution in [2.75, 3.05) is 5.32 Å². The van der Waals surface area contributed by atoms with Crippen LogP contribution in [0.3, 0.4) is 0 Å². The topological polar surface area (TPSA) is 147 Å². The van der Waals surface area contributed by atoms with E-state index in [-0.39, 0.29) is 17.2 Å². The first-order valence-corrected chi connectivity index (χ1v) is 7.15. The van der Waals surface area contributed by atoms with Gasteiger partial charge in [-0.25, -0.2) is 0 Å². The maximum Gasteiger partial charge on any atom is 0.293 e. The van der Waals surface area contributed by atoms with Crippen LogP contribution in [0.5, 0.6) is 0 Å². The zero-order valence-electron chi connectivity index (χ0n) is 12.8. The average Bonchev–Trinajstić information content (AvgIpc) is 3.05. The van der Waals surface area contributed by atoms with Crippen molar-refractivity contribution in [3.8, 4) is 0 Å². The predicted octanol–water partition coefficient (Wildman–Crippen LogP) is 2.42. The molecule has 0 fully saturated rings. The molecule has 0 unspecified atom stereocenters. The molecule has 1 aromatic heterocycles. The molecule has 5 N–H and O–H groups in total. The molecule has 1 amide bonds. The van der Waals surface area contributed by atoms with Crippen molar-refractivity contribution in [1.29, 1.82) is 0 Å². The molecule has 9 nitrogen and oxygen atoms in total. The van der Waals surface area contributed by atoms with Crippen molar-refractivity contribution in [3.05, 3.63) is 69.9 Å². The number of oxime groups is 1. The van der Waals surface area contributed by atoms with Crippen LogP contribution in [-0.2, 0) is 0 Å². The Labute approximate surface area is 140 Å². The fourth-order valence-electron chi connectivity index (χ4n) is 2.40. The van der Waals surface area contributed by atoms with Crippen LogP contribution < -0.4 is 11.1 Å². The van der Waals surface area contributed by atoms with Crippen LogP contribution >= 0.6 is 0 Å². The van der Waals surface area contributed by atoms with Crippen molar-refractivity contribution >= 4 is 34.0 Å². The number of amides is 1. The van der Waals surface area contributed by atoms with Crippen molar-refractivity contribution < 1.29 is 14.9 Å². The molecule has 126 valence electrons. The first-order chi connectivity index (χ1) is 12.0. The number of nitrogens with zero attached hydrogens (tertiary/aromatic N) is 2. The van der Waals surface area contributed by atoms with Crippen molar-refractivity contribution in [2.45, 2.75) is 0 Å². The summed E-state index contributed by atoms with van der Waals surface area (Å²) in [5, 5.41) is 25.8. The van der Waals surface area contributed by atoms with Gasteiger partial charge in [-0.15, -0.1) is 0 Å². The minimum Gasteiger partial charge on any atom is -0.409 e. The van der Waals surface area contributed by atoms with Gasteiger partial charge in [0.2, 0.25) is 0 Å². The Morgan fingerprint density at radius 2 is 1.96 bits per heavy atom. The van der Waals surface area contributed by atoms with Gasteiger partial charge in [0.25, 0.3) is 11.6 Å². The van der Waals surface area contributed by atoms with Crippen molar-refractivity contribution in [2.24, 2.45) is 10.9 Å². The van der Waals surface area contributed by atoms with Gasteiger partial charge in [0, 0.05) is 22.7 Å². The lowest BCUT2D eigenvalue weighted by molar-refractivity contribution is -0.383. The number of hydrogen-bond acceptors (Lipinski definition) is 5. The standard InChI is InChI=1S/C16H13N5O4/c17-15(20-23)9-4-6-11(7-5-9)18-16(22)12-8-10-2-1-3-13(21(24)25)14(10)19-12/h1-8,19,23H,(H2,17,20)(H,18,22). The highest BCUT2D eigenvalue weighted by atomic mass is 16.6. The molecule has 2 aromatic carbocycles. The summed E-state index contributed by atoms with van der Waals surface area (Å²) in [6.07, 6.45) is 0. The lowest BCUT2D eigenvalue weighted by Crippen LogP contribution is -2.14. The van der Waals surface area contributed by atoms with Crippen LogP contribution in [0.1, 0.15) is 16.1 Å². The maximum absolute atomic E-state index is 12.3. The summed E-state index contributed by atoms with van der Waals surface area (Å²) in [5.41, 5.74) is 6.86. The summed E-state index contributed by atoms with van der Waals surface area (Å²) in [5.74, 6) is -0.483. The third-order valence-electron chi connectivity index (χ3n) is 3.62. The SMILES string of the molecule is NC(=NO)c1ccc(NC(=O)c2cc3cccc([N+](=O)[O-])c3[nH]2)cc1. The lowest BCUT2D eigenvalue weighted by Gasteiger charge is -2.05. The lowest BCUT2D eigenvalue weighted by atomic mass is 10.2. The molecule has 25 heavy (non-hydrogen) atoms. The third-order valence-corrected chi connectivity index (χ3v) is 3.62. The third kappa shape index (κ3) is 3.11. The number of carbonyl (C=O) groups is 1. The van der Waals surface area contributed by atoms with E-state index in [2.05, 4.69) is 15.5 Å². The number of carbonyl (C=O) groups excluding carboxylic acids is 1. The number of nitrogens with two attached hydrogens (primary N) is 1. The number of nitro groups is 1. The summed E-state index contributed by atoms with van der Waals surface area (Å²) in [4.78, 5) is 25.7. The van der Waals surface area contributed by atoms with Crippen LogP contribution in [0.4, 0.5) is 11.4 Å². The Kier molecular flexibility index (Phi) is 4.04. The minimum atomic E-state index is -0.508. The Bertz CT molecular complexity index is 991. The van der Waals surface area contributed by atoms with Gasteiger partial charge in [0.05, 0.1) is 4.92 Å². The molecule has 0 aliphatic heterocycles. The first kappa shape index (κ1) is 16.0. The molecule has 0 aliphatic rings. The van der Waals surface area contributed by atoms with Crippen LogP contribution in [0.2, 0.25) is 0 Å². The number of H-pyrrole nitrogens is 1. The van der Waals surface area contributed by atoms with E-state index in [1.165, 1.54) is 6.07 Å². The quantitative estimate of drug-likeness (QED) is 0.189. The van der Waals surface area contributed by atoms with Gasteiger partial charge in [0.1, 0.15) is 11.2 Å². The van der Waals surface area contributed by atoms with E-state index in [0.717, 1.165) is 0 Å². The number of aromatic nitrogens is 1. The molecule has 0 saturated carbocycles. The van der Waals surface area contributed by atoms with Gasteiger partial charge < -0.3 is 21.2 Å². The fraction of sp³-hybridized carbons (Fsp3) is 0. The van der Waals surface area contributed by atoms with E-state index in [0.29, 0.717) is 22.2 Å². The van der Waals surface area contributed by atoms with Gasteiger partial charge in [0.15, 0.2) is 5.84 Å². The number of anilines is 1. The van der Waals surface area contributed by atoms with Crippen LogP contribution in [-0.4, -0.2) is 26.9 Å². The van der Waals surface area contributed by atoms with Gasteiger partial charge in [-0.1, -0.05) is 17.3 Å². The molecule has 9 heteroatoms. The molecule has 0 atom stereocenters. The highest BCUT2D eigenvalue weighted by molar-refractivity contribution is 6.07. The molecule has 1 heterocycles. The van der Waals surface area contributed by atoms with Crippen LogP contribution in [0.25, 0.3) is 10.9 Å². The second-order valence-electron chi connectivity index (χ2n) is 5.20. The molecule has 3 rings (SSSR count). The average molecular weight is 339 g/mol. The number of fused-ring (bicyclic) bond motifs is 1. The second-order valence-corrected chi connectivity index (χ2v) is 5.20.